The lowest BCUT2D eigenvalue weighted by molar-refractivity contribution is -0.134. The highest BCUT2D eigenvalue weighted by Gasteiger charge is 2.10. The van der Waals surface area contributed by atoms with Crippen LogP contribution >= 0.6 is 0 Å². The first-order valence-corrected chi connectivity index (χ1v) is 8.01. The van der Waals surface area contributed by atoms with E-state index in [1.807, 2.05) is 6.07 Å². The van der Waals surface area contributed by atoms with Crippen LogP contribution in [0, 0.1) is 0 Å². The molecule has 132 valence electrons. The van der Waals surface area contributed by atoms with Crippen LogP contribution in [0.2, 0.25) is 0 Å². The smallest absolute Gasteiger partial charge is 0.328 e. The van der Waals surface area contributed by atoms with Gasteiger partial charge in [0, 0.05) is 37.2 Å². The maximum absolute atomic E-state index is 9.55. The molecule has 1 saturated heterocycles. The van der Waals surface area contributed by atoms with Crippen molar-refractivity contribution in [2.24, 2.45) is 0 Å². The number of pyridine rings is 1. The first-order valence-electron chi connectivity index (χ1n) is 8.01. The second-order valence-electron chi connectivity index (χ2n) is 5.46. The SMILES string of the molecule is O=C(O)/C=C\C(=O)O.c1ccc2nc(N3CCCNCC3)ccc2c1. The van der Waals surface area contributed by atoms with Gasteiger partial charge in [-0.15, -0.1) is 0 Å². The number of carboxylic acids is 2. The Morgan fingerprint density at radius 1 is 1.00 bits per heavy atom. The number of carbonyl (C=O) groups is 2. The van der Waals surface area contributed by atoms with E-state index in [4.69, 9.17) is 15.2 Å². The van der Waals surface area contributed by atoms with E-state index in [-0.39, 0.29) is 0 Å². The molecule has 0 bridgehead atoms. The second kappa shape index (κ2) is 9.39. The van der Waals surface area contributed by atoms with Crippen LogP contribution in [0.3, 0.4) is 0 Å². The fourth-order valence-corrected chi connectivity index (χ4v) is 2.45. The molecule has 7 nitrogen and oxygen atoms in total. The van der Waals surface area contributed by atoms with E-state index < -0.39 is 11.9 Å². The molecule has 1 aromatic carbocycles. The Kier molecular flexibility index (Phi) is 6.91. The lowest BCUT2D eigenvalue weighted by atomic mass is 10.2. The normalized spacial score (nSPS) is 14.6. The van der Waals surface area contributed by atoms with E-state index in [0.717, 1.165) is 37.5 Å². The van der Waals surface area contributed by atoms with E-state index in [0.29, 0.717) is 12.2 Å². The van der Waals surface area contributed by atoms with Gasteiger partial charge in [-0.3, -0.25) is 0 Å². The molecule has 2 aromatic rings. The number of nitrogens with one attached hydrogen (secondary N) is 1. The maximum Gasteiger partial charge on any atom is 0.328 e. The quantitative estimate of drug-likeness (QED) is 0.730. The van der Waals surface area contributed by atoms with E-state index in [1.165, 1.54) is 11.8 Å². The number of fused-ring (bicyclic) bond motifs is 1. The molecule has 7 heteroatoms. The van der Waals surface area contributed by atoms with Gasteiger partial charge in [-0.25, -0.2) is 14.6 Å². The minimum atomic E-state index is -1.26. The standard InChI is InChI=1S/C14H17N3.C4H4O4/c1-2-5-13-12(4-1)6-7-14(16-13)17-10-3-8-15-9-11-17;5-3(6)1-2-4(7)8/h1-2,4-7,15H,3,8-11H2;1-2H,(H,5,6)(H,7,8)/b;2-1-. The molecule has 3 rings (SSSR count). The molecule has 0 radical (unpaired) electrons. The summed E-state index contributed by atoms with van der Waals surface area (Å²) in [7, 11) is 0. The number of anilines is 1. The summed E-state index contributed by atoms with van der Waals surface area (Å²) in [4.78, 5) is 26.2. The molecule has 0 unspecified atom stereocenters. The van der Waals surface area contributed by atoms with Gasteiger partial charge >= 0.3 is 11.9 Å². The fraction of sp³-hybridized carbons (Fsp3) is 0.278. The van der Waals surface area contributed by atoms with Crippen LogP contribution < -0.4 is 10.2 Å². The summed E-state index contributed by atoms with van der Waals surface area (Å²) in [5.74, 6) is -1.41. The van der Waals surface area contributed by atoms with Gasteiger partial charge in [0.25, 0.3) is 0 Å². The van der Waals surface area contributed by atoms with Crippen LogP contribution in [0.25, 0.3) is 10.9 Å². The second-order valence-corrected chi connectivity index (χ2v) is 5.46. The summed E-state index contributed by atoms with van der Waals surface area (Å²) >= 11 is 0. The Balaban J connectivity index is 0.000000242. The van der Waals surface area contributed by atoms with Crippen molar-refractivity contribution in [2.75, 3.05) is 31.1 Å². The fourth-order valence-electron chi connectivity index (χ4n) is 2.45. The maximum atomic E-state index is 9.55. The third-order valence-corrected chi connectivity index (χ3v) is 3.62. The molecule has 2 heterocycles. The van der Waals surface area contributed by atoms with Gasteiger partial charge < -0.3 is 20.4 Å². The van der Waals surface area contributed by atoms with Gasteiger partial charge in [-0.1, -0.05) is 18.2 Å². The van der Waals surface area contributed by atoms with Crippen LogP contribution in [-0.2, 0) is 9.59 Å². The van der Waals surface area contributed by atoms with E-state index in [1.54, 1.807) is 0 Å². The number of nitrogens with zero attached hydrogens (tertiary/aromatic N) is 2. The van der Waals surface area contributed by atoms with E-state index in [9.17, 15) is 9.59 Å². The van der Waals surface area contributed by atoms with Crippen LogP contribution in [0.5, 0.6) is 0 Å². The zero-order valence-corrected chi connectivity index (χ0v) is 13.8. The van der Waals surface area contributed by atoms with Crippen molar-refractivity contribution < 1.29 is 19.8 Å². The van der Waals surface area contributed by atoms with Crippen molar-refractivity contribution in [3.8, 4) is 0 Å². The molecule has 25 heavy (non-hydrogen) atoms. The van der Waals surface area contributed by atoms with Crippen LogP contribution in [0.1, 0.15) is 6.42 Å². The Bertz CT molecular complexity index is 737. The van der Waals surface area contributed by atoms with Crippen LogP contribution in [-0.4, -0.2) is 53.3 Å². The third kappa shape index (κ3) is 6.23. The number of rotatable bonds is 3. The van der Waals surface area contributed by atoms with E-state index >= 15 is 0 Å². The molecule has 1 aromatic heterocycles. The van der Waals surface area contributed by atoms with Gasteiger partial charge in [0.05, 0.1) is 5.52 Å². The number of hydrogen-bond acceptors (Lipinski definition) is 5. The van der Waals surface area contributed by atoms with Gasteiger partial charge in [0.15, 0.2) is 0 Å². The van der Waals surface area contributed by atoms with Gasteiger partial charge in [-0.05, 0) is 31.2 Å². The lowest BCUT2D eigenvalue weighted by Gasteiger charge is -2.21. The largest absolute Gasteiger partial charge is 0.478 e. The summed E-state index contributed by atoms with van der Waals surface area (Å²) in [5.41, 5.74) is 1.09. The molecule has 1 aliphatic rings. The Hall–Kier alpha value is -2.93. The van der Waals surface area contributed by atoms with Crippen molar-refractivity contribution in [1.29, 1.82) is 0 Å². The molecule has 1 aliphatic heterocycles. The number of hydrogen-bond donors (Lipinski definition) is 3. The molecular formula is C18H21N3O4. The Labute approximate surface area is 145 Å². The predicted molar refractivity (Wildman–Crippen MR) is 95.9 cm³/mol. The summed E-state index contributed by atoms with van der Waals surface area (Å²) < 4.78 is 0. The first-order chi connectivity index (χ1) is 12.1. The molecule has 0 saturated carbocycles. The third-order valence-electron chi connectivity index (χ3n) is 3.62. The van der Waals surface area contributed by atoms with Gasteiger partial charge in [0.1, 0.15) is 5.82 Å². The van der Waals surface area contributed by atoms with Gasteiger partial charge in [-0.2, -0.15) is 0 Å². The summed E-state index contributed by atoms with van der Waals surface area (Å²) in [5, 5.41) is 20.3. The highest BCUT2D eigenvalue weighted by molar-refractivity contribution is 5.89. The van der Waals surface area contributed by atoms with Crippen molar-refractivity contribution in [2.45, 2.75) is 6.42 Å². The number of carboxylic acid groups (broad SMARTS) is 2. The van der Waals surface area contributed by atoms with Crippen molar-refractivity contribution in [3.63, 3.8) is 0 Å². The minimum absolute atomic E-state index is 0.558. The summed E-state index contributed by atoms with van der Waals surface area (Å²) in [6.45, 7) is 4.31. The zero-order chi connectivity index (χ0) is 18.1. The molecule has 0 aliphatic carbocycles. The zero-order valence-electron chi connectivity index (χ0n) is 13.8. The monoisotopic (exact) mass is 343 g/mol. The molecule has 0 spiro atoms. The Morgan fingerprint density at radius 3 is 2.44 bits per heavy atom. The number of benzene rings is 1. The molecule has 0 amide bonds. The molecule has 3 N–H and O–H groups in total. The van der Waals surface area contributed by atoms with Crippen molar-refractivity contribution >= 4 is 28.7 Å². The van der Waals surface area contributed by atoms with E-state index in [2.05, 4.69) is 40.5 Å². The molecule has 0 atom stereocenters. The molecule has 1 fully saturated rings. The molecular weight excluding hydrogens is 322 g/mol. The predicted octanol–water partition coefficient (Wildman–Crippen LogP) is 1.75. The van der Waals surface area contributed by atoms with Crippen LogP contribution in [0.4, 0.5) is 5.82 Å². The first kappa shape index (κ1) is 18.4. The highest BCUT2D eigenvalue weighted by atomic mass is 16.4. The lowest BCUT2D eigenvalue weighted by Crippen LogP contribution is -2.28. The summed E-state index contributed by atoms with van der Waals surface area (Å²) in [6.07, 6.45) is 2.30. The highest BCUT2D eigenvalue weighted by Crippen LogP contribution is 2.18. The van der Waals surface area contributed by atoms with Crippen molar-refractivity contribution in [3.05, 3.63) is 48.6 Å². The number of aliphatic carboxylic acids is 2. The summed E-state index contributed by atoms with van der Waals surface area (Å²) in [6, 6.07) is 12.6. The van der Waals surface area contributed by atoms with Gasteiger partial charge in [0.2, 0.25) is 0 Å². The van der Waals surface area contributed by atoms with Crippen molar-refractivity contribution in [1.82, 2.24) is 10.3 Å². The van der Waals surface area contributed by atoms with Crippen LogP contribution in [0.15, 0.2) is 48.6 Å². The average molecular weight is 343 g/mol. The minimum Gasteiger partial charge on any atom is -0.478 e. The Morgan fingerprint density at radius 2 is 1.72 bits per heavy atom. The number of aromatic nitrogens is 1. The topological polar surface area (TPSA) is 103 Å². The number of para-hydroxylation sites is 1. The average Bonchev–Trinajstić information content (AvgIpc) is 2.89.